The summed E-state index contributed by atoms with van der Waals surface area (Å²) >= 11 is 3.57. The Labute approximate surface area is 134 Å². The van der Waals surface area contributed by atoms with E-state index in [0.717, 1.165) is 37.6 Å². The smallest absolute Gasteiger partial charge is 0.191 e. The molecule has 0 bridgehead atoms. The van der Waals surface area contributed by atoms with Gasteiger partial charge in [0.05, 0.1) is 10.7 Å². The van der Waals surface area contributed by atoms with Crippen LogP contribution in [0.2, 0.25) is 0 Å². The summed E-state index contributed by atoms with van der Waals surface area (Å²) in [6.45, 7) is 5.93. The van der Waals surface area contributed by atoms with Crippen molar-refractivity contribution in [3.05, 3.63) is 38.0 Å². The molecule has 0 aromatic carbocycles. The predicted octanol–water partition coefficient (Wildman–Crippen LogP) is 2.77. The van der Waals surface area contributed by atoms with Crippen LogP contribution in [-0.2, 0) is 12.8 Å². The van der Waals surface area contributed by atoms with Gasteiger partial charge < -0.3 is 10.6 Å². The van der Waals surface area contributed by atoms with Crippen LogP contribution < -0.4 is 10.6 Å². The van der Waals surface area contributed by atoms with Crippen molar-refractivity contribution in [1.82, 2.24) is 15.6 Å². The van der Waals surface area contributed by atoms with Crippen LogP contribution in [0.4, 0.5) is 0 Å². The highest BCUT2D eigenvalue weighted by Gasteiger charge is 2.04. The quantitative estimate of drug-likeness (QED) is 0.635. The third kappa shape index (κ3) is 5.13. The van der Waals surface area contributed by atoms with Crippen molar-refractivity contribution in [1.29, 1.82) is 0 Å². The van der Waals surface area contributed by atoms with Gasteiger partial charge in [0, 0.05) is 36.3 Å². The monoisotopic (exact) mass is 322 g/mol. The number of hydrogen-bond acceptors (Lipinski definition) is 4. The number of nitrogens with zero attached hydrogens (tertiary/aromatic N) is 2. The molecule has 114 valence electrons. The molecule has 21 heavy (non-hydrogen) atoms. The zero-order valence-electron chi connectivity index (χ0n) is 12.8. The number of guanidine groups is 1. The summed E-state index contributed by atoms with van der Waals surface area (Å²) in [5.41, 5.74) is 1.15. The maximum absolute atomic E-state index is 4.55. The molecule has 0 spiro atoms. The number of nitrogens with one attached hydrogen (secondary N) is 2. The first-order valence-electron chi connectivity index (χ1n) is 7.09. The van der Waals surface area contributed by atoms with E-state index in [2.05, 4.69) is 52.0 Å². The summed E-state index contributed by atoms with van der Waals surface area (Å²) in [4.78, 5) is 11.5. The summed E-state index contributed by atoms with van der Waals surface area (Å²) < 4.78 is 0. The molecule has 4 nitrogen and oxygen atoms in total. The zero-order valence-corrected chi connectivity index (χ0v) is 14.4. The first-order valence-corrected chi connectivity index (χ1v) is 8.78. The minimum Gasteiger partial charge on any atom is -0.356 e. The van der Waals surface area contributed by atoms with Gasteiger partial charge in [0.2, 0.25) is 0 Å². The minimum atomic E-state index is 0.852. The van der Waals surface area contributed by atoms with Crippen LogP contribution in [0.15, 0.2) is 22.5 Å². The Kier molecular flexibility index (Phi) is 6.20. The highest BCUT2D eigenvalue weighted by molar-refractivity contribution is 7.11. The molecular weight excluding hydrogens is 300 g/mol. The summed E-state index contributed by atoms with van der Waals surface area (Å²) in [7, 11) is 1.80. The fraction of sp³-hybridized carbons (Fsp3) is 0.467. The topological polar surface area (TPSA) is 49.3 Å². The van der Waals surface area contributed by atoms with E-state index in [0.29, 0.717) is 0 Å². The molecule has 0 atom stereocenters. The number of aryl methyl sites for hydroxylation is 2. The van der Waals surface area contributed by atoms with Crippen LogP contribution in [0.25, 0.3) is 0 Å². The van der Waals surface area contributed by atoms with Crippen molar-refractivity contribution in [3.8, 4) is 0 Å². The molecule has 0 saturated carbocycles. The highest BCUT2D eigenvalue weighted by Crippen LogP contribution is 2.16. The molecule has 2 rings (SSSR count). The zero-order chi connectivity index (χ0) is 15.1. The van der Waals surface area contributed by atoms with Gasteiger partial charge in [-0.15, -0.1) is 22.7 Å². The summed E-state index contributed by atoms with van der Waals surface area (Å²) in [5.74, 6) is 0.858. The van der Waals surface area contributed by atoms with Crippen LogP contribution in [0.5, 0.6) is 0 Å². The average molecular weight is 323 g/mol. The molecule has 0 aliphatic rings. The molecule has 2 N–H and O–H groups in total. The second-order valence-electron chi connectivity index (χ2n) is 4.75. The number of aliphatic imine (C=N–C) groups is 1. The first kappa shape index (κ1) is 16.0. The van der Waals surface area contributed by atoms with E-state index in [1.165, 1.54) is 14.8 Å². The molecule has 0 saturated heterocycles. The molecular formula is C15H22N4S2. The van der Waals surface area contributed by atoms with E-state index in [1.54, 1.807) is 29.7 Å². The molecule has 0 unspecified atom stereocenters. The normalized spacial score (nSPS) is 11.7. The van der Waals surface area contributed by atoms with Crippen molar-refractivity contribution in [3.63, 3.8) is 0 Å². The van der Waals surface area contributed by atoms with E-state index in [1.807, 2.05) is 0 Å². The third-order valence-corrected chi connectivity index (χ3v) is 5.24. The van der Waals surface area contributed by atoms with Gasteiger partial charge in [-0.05, 0) is 31.7 Å². The fourth-order valence-electron chi connectivity index (χ4n) is 1.91. The molecule has 2 aromatic rings. The van der Waals surface area contributed by atoms with Crippen LogP contribution in [0, 0.1) is 13.8 Å². The van der Waals surface area contributed by atoms with Crippen LogP contribution >= 0.6 is 22.7 Å². The SMILES string of the molecule is CN=C(NCCc1cccs1)NCCc1nc(C)c(C)s1. The maximum atomic E-state index is 4.55. The Morgan fingerprint density at radius 1 is 1.24 bits per heavy atom. The van der Waals surface area contributed by atoms with Crippen molar-refractivity contribution < 1.29 is 0 Å². The second kappa shape index (κ2) is 8.14. The Bertz CT molecular complexity index is 553. The lowest BCUT2D eigenvalue weighted by molar-refractivity contribution is 0.784. The van der Waals surface area contributed by atoms with Gasteiger partial charge >= 0.3 is 0 Å². The Morgan fingerprint density at radius 2 is 2.00 bits per heavy atom. The Hall–Kier alpha value is -1.40. The summed E-state index contributed by atoms with van der Waals surface area (Å²) in [5, 5.41) is 9.97. The van der Waals surface area contributed by atoms with Crippen molar-refractivity contribution in [2.24, 2.45) is 4.99 Å². The molecule has 2 heterocycles. The minimum absolute atomic E-state index is 0.852. The lowest BCUT2D eigenvalue weighted by Crippen LogP contribution is -2.39. The Morgan fingerprint density at radius 3 is 2.57 bits per heavy atom. The lowest BCUT2D eigenvalue weighted by Gasteiger charge is -2.10. The van der Waals surface area contributed by atoms with Gasteiger partial charge in [-0.1, -0.05) is 6.07 Å². The van der Waals surface area contributed by atoms with E-state index >= 15 is 0 Å². The largest absolute Gasteiger partial charge is 0.356 e. The number of rotatable bonds is 6. The summed E-state index contributed by atoms with van der Waals surface area (Å²) in [6, 6.07) is 4.25. The second-order valence-corrected chi connectivity index (χ2v) is 7.07. The predicted molar refractivity (Wildman–Crippen MR) is 92.7 cm³/mol. The number of thiazole rings is 1. The van der Waals surface area contributed by atoms with Crippen molar-refractivity contribution in [2.45, 2.75) is 26.7 Å². The number of aromatic nitrogens is 1. The third-order valence-electron chi connectivity index (χ3n) is 3.17. The van der Waals surface area contributed by atoms with Gasteiger partial charge in [-0.2, -0.15) is 0 Å². The maximum Gasteiger partial charge on any atom is 0.191 e. The molecule has 0 aliphatic heterocycles. The molecule has 0 amide bonds. The highest BCUT2D eigenvalue weighted by atomic mass is 32.1. The van der Waals surface area contributed by atoms with Gasteiger partial charge in [0.1, 0.15) is 0 Å². The van der Waals surface area contributed by atoms with Gasteiger partial charge in [-0.3, -0.25) is 4.99 Å². The van der Waals surface area contributed by atoms with E-state index < -0.39 is 0 Å². The Balaban J connectivity index is 1.68. The lowest BCUT2D eigenvalue weighted by atomic mass is 10.3. The van der Waals surface area contributed by atoms with Gasteiger partial charge in [0.25, 0.3) is 0 Å². The number of thiophene rings is 1. The van der Waals surface area contributed by atoms with E-state index in [-0.39, 0.29) is 0 Å². The standard InChI is InChI=1S/C15H22N4S2/c1-11-12(2)21-14(19-11)7-9-18-15(16-3)17-8-6-13-5-4-10-20-13/h4-5,10H,6-9H2,1-3H3,(H2,16,17,18). The fourth-order valence-corrected chi connectivity index (χ4v) is 3.56. The van der Waals surface area contributed by atoms with E-state index in [4.69, 9.17) is 0 Å². The van der Waals surface area contributed by atoms with E-state index in [9.17, 15) is 0 Å². The number of hydrogen-bond donors (Lipinski definition) is 2. The molecule has 0 fully saturated rings. The molecule has 0 radical (unpaired) electrons. The molecule has 0 aliphatic carbocycles. The average Bonchev–Trinajstić information content (AvgIpc) is 3.08. The van der Waals surface area contributed by atoms with Crippen molar-refractivity contribution >= 4 is 28.6 Å². The van der Waals surface area contributed by atoms with Crippen LogP contribution in [0.1, 0.15) is 20.5 Å². The summed E-state index contributed by atoms with van der Waals surface area (Å²) in [6.07, 6.45) is 1.97. The molecule has 2 aromatic heterocycles. The van der Waals surface area contributed by atoms with Crippen molar-refractivity contribution in [2.75, 3.05) is 20.1 Å². The first-order chi connectivity index (χ1) is 10.2. The van der Waals surface area contributed by atoms with Crippen LogP contribution in [-0.4, -0.2) is 31.1 Å². The molecule has 6 heteroatoms. The van der Waals surface area contributed by atoms with Gasteiger partial charge in [0.15, 0.2) is 5.96 Å². The van der Waals surface area contributed by atoms with Gasteiger partial charge in [-0.25, -0.2) is 4.98 Å². The van der Waals surface area contributed by atoms with Crippen LogP contribution in [0.3, 0.4) is 0 Å².